The van der Waals surface area contributed by atoms with Crippen molar-refractivity contribution in [3.63, 3.8) is 0 Å². The highest BCUT2D eigenvalue weighted by Gasteiger charge is 2.09. The van der Waals surface area contributed by atoms with Crippen molar-refractivity contribution in [3.8, 4) is 6.01 Å². The molecule has 0 radical (unpaired) electrons. The highest BCUT2D eigenvalue weighted by molar-refractivity contribution is 7.99. The summed E-state index contributed by atoms with van der Waals surface area (Å²) in [5.74, 6) is 0. The fourth-order valence-corrected chi connectivity index (χ4v) is 2.21. The first kappa shape index (κ1) is 13.8. The molecule has 0 aliphatic heterocycles. The van der Waals surface area contributed by atoms with Gasteiger partial charge in [-0.2, -0.15) is 15.0 Å². The third-order valence-electron chi connectivity index (χ3n) is 1.88. The molecule has 0 amide bonds. The second kappa shape index (κ2) is 5.98. The maximum atomic E-state index is 11.3. The summed E-state index contributed by atoms with van der Waals surface area (Å²) in [7, 11) is 0. The second-order valence-electron chi connectivity index (χ2n) is 3.40. The summed E-state index contributed by atoms with van der Waals surface area (Å²) in [5, 5.41) is 0.711. The topological polar surface area (TPSA) is 93.6 Å². The molecule has 2 rings (SSSR count). The molecule has 2 aromatic rings. The number of ether oxygens (including phenoxy) is 1. The SMILES string of the molecule is CCOc1nc(Cl)nc(Sc2nc(C)cc(=O)[nH]2)n1. The van der Waals surface area contributed by atoms with E-state index in [1.807, 2.05) is 6.92 Å². The van der Waals surface area contributed by atoms with Gasteiger partial charge in [-0.25, -0.2) is 4.98 Å². The number of aryl methyl sites for hydroxylation is 1. The summed E-state index contributed by atoms with van der Waals surface area (Å²) < 4.78 is 5.16. The van der Waals surface area contributed by atoms with Crippen molar-refractivity contribution in [3.05, 3.63) is 27.4 Å². The van der Waals surface area contributed by atoms with Crippen LogP contribution < -0.4 is 10.3 Å². The van der Waals surface area contributed by atoms with Crippen LogP contribution in [0, 0.1) is 6.92 Å². The van der Waals surface area contributed by atoms with E-state index in [9.17, 15) is 4.79 Å². The molecule has 0 atom stereocenters. The zero-order valence-electron chi connectivity index (χ0n) is 10.2. The van der Waals surface area contributed by atoms with Gasteiger partial charge < -0.3 is 9.72 Å². The predicted octanol–water partition coefficient (Wildman–Crippen LogP) is 1.47. The standard InChI is InChI=1S/C10H10ClN5O2S/c1-3-18-8-14-7(11)15-10(16-8)19-9-12-5(2)4-6(17)13-9/h4H,3H2,1-2H3,(H,12,13,17). The minimum absolute atomic E-state index is 0.0240. The van der Waals surface area contributed by atoms with Crippen LogP contribution in [0.4, 0.5) is 0 Å². The van der Waals surface area contributed by atoms with Crippen molar-refractivity contribution in [1.82, 2.24) is 24.9 Å². The number of aromatic amines is 1. The molecular formula is C10H10ClN5O2S. The van der Waals surface area contributed by atoms with Crippen LogP contribution in [0.1, 0.15) is 12.6 Å². The van der Waals surface area contributed by atoms with Gasteiger partial charge >= 0.3 is 6.01 Å². The van der Waals surface area contributed by atoms with E-state index in [4.69, 9.17) is 16.3 Å². The first-order valence-corrected chi connectivity index (χ1v) is 6.56. The summed E-state index contributed by atoms with van der Waals surface area (Å²) in [6, 6.07) is 1.54. The van der Waals surface area contributed by atoms with Crippen LogP contribution in [0.15, 0.2) is 21.2 Å². The Morgan fingerprint density at radius 1 is 1.37 bits per heavy atom. The summed E-state index contributed by atoms with van der Waals surface area (Å²) in [5.41, 5.74) is 0.372. The van der Waals surface area contributed by atoms with E-state index in [2.05, 4.69) is 24.9 Å². The van der Waals surface area contributed by atoms with E-state index in [0.717, 1.165) is 11.8 Å². The average Bonchev–Trinajstić information content (AvgIpc) is 2.26. The number of nitrogens with zero attached hydrogens (tertiary/aromatic N) is 4. The van der Waals surface area contributed by atoms with E-state index in [-0.39, 0.29) is 16.9 Å². The lowest BCUT2D eigenvalue weighted by molar-refractivity contribution is 0.307. The first-order valence-electron chi connectivity index (χ1n) is 5.37. The maximum Gasteiger partial charge on any atom is 0.321 e. The summed E-state index contributed by atoms with van der Waals surface area (Å²) in [4.78, 5) is 29.9. The average molecular weight is 300 g/mol. The van der Waals surface area contributed by atoms with Crippen LogP contribution in [0.3, 0.4) is 0 Å². The van der Waals surface area contributed by atoms with Gasteiger partial charge in [0.1, 0.15) is 0 Å². The maximum absolute atomic E-state index is 11.3. The lowest BCUT2D eigenvalue weighted by Gasteiger charge is -2.03. The molecule has 0 unspecified atom stereocenters. The number of H-pyrrole nitrogens is 1. The molecule has 2 aromatic heterocycles. The summed E-state index contributed by atoms with van der Waals surface area (Å²) >= 11 is 6.84. The highest BCUT2D eigenvalue weighted by atomic mass is 35.5. The van der Waals surface area contributed by atoms with Gasteiger partial charge in [-0.15, -0.1) is 0 Å². The van der Waals surface area contributed by atoms with Crippen molar-refractivity contribution >= 4 is 23.4 Å². The molecule has 1 N–H and O–H groups in total. The highest BCUT2D eigenvalue weighted by Crippen LogP contribution is 2.22. The molecule has 0 aliphatic carbocycles. The Kier molecular flexibility index (Phi) is 4.33. The van der Waals surface area contributed by atoms with Gasteiger partial charge in [0.25, 0.3) is 5.56 Å². The normalized spacial score (nSPS) is 10.5. The molecule has 0 saturated heterocycles. The lowest BCUT2D eigenvalue weighted by atomic mass is 10.5. The van der Waals surface area contributed by atoms with Crippen molar-refractivity contribution in [2.45, 2.75) is 24.2 Å². The predicted molar refractivity (Wildman–Crippen MR) is 69.7 cm³/mol. The molecule has 9 heteroatoms. The van der Waals surface area contributed by atoms with Crippen molar-refractivity contribution in [2.75, 3.05) is 6.61 Å². The Morgan fingerprint density at radius 2 is 2.16 bits per heavy atom. The molecule has 2 heterocycles. The summed E-state index contributed by atoms with van der Waals surface area (Å²) in [6.45, 7) is 3.96. The molecule has 0 aromatic carbocycles. The van der Waals surface area contributed by atoms with Gasteiger partial charge in [0, 0.05) is 11.8 Å². The van der Waals surface area contributed by atoms with Crippen LogP contribution in [0.2, 0.25) is 5.28 Å². The summed E-state index contributed by atoms with van der Waals surface area (Å²) in [6.07, 6.45) is 0. The smallest absolute Gasteiger partial charge is 0.321 e. The fraction of sp³-hybridized carbons (Fsp3) is 0.300. The Bertz CT molecular complexity index is 648. The van der Waals surface area contributed by atoms with Crippen molar-refractivity contribution < 1.29 is 4.74 Å². The van der Waals surface area contributed by atoms with Gasteiger partial charge in [-0.1, -0.05) is 0 Å². The fourth-order valence-electron chi connectivity index (χ4n) is 1.24. The number of hydrogen-bond donors (Lipinski definition) is 1. The molecule has 0 spiro atoms. The molecule has 0 fully saturated rings. The molecule has 7 nitrogen and oxygen atoms in total. The largest absolute Gasteiger partial charge is 0.464 e. The van der Waals surface area contributed by atoms with Crippen molar-refractivity contribution in [2.24, 2.45) is 0 Å². The zero-order chi connectivity index (χ0) is 13.8. The van der Waals surface area contributed by atoms with Gasteiger partial charge in [-0.05, 0) is 37.2 Å². The number of rotatable bonds is 4. The molecular weight excluding hydrogens is 290 g/mol. The van der Waals surface area contributed by atoms with Gasteiger partial charge in [0.15, 0.2) is 5.16 Å². The number of hydrogen-bond acceptors (Lipinski definition) is 7. The van der Waals surface area contributed by atoms with Crippen LogP contribution in [-0.4, -0.2) is 31.5 Å². The monoisotopic (exact) mass is 299 g/mol. The Morgan fingerprint density at radius 3 is 2.84 bits per heavy atom. The van der Waals surface area contributed by atoms with Crippen LogP contribution in [-0.2, 0) is 0 Å². The van der Waals surface area contributed by atoms with Crippen LogP contribution >= 0.6 is 23.4 Å². The molecule has 0 saturated carbocycles. The van der Waals surface area contributed by atoms with E-state index < -0.39 is 0 Å². The number of halogens is 1. The van der Waals surface area contributed by atoms with Crippen LogP contribution in [0.25, 0.3) is 0 Å². The van der Waals surface area contributed by atoms with E-state index >= 15 is 0 Å². The Labute approximate surface area is 117 Å². The van der Waals surface area contributed by atoms with E-state index in [1.165, 1.54) is 6.07 Å². The third kappa shape index (κ3) is 3.90. The lowest BCUT2D eigenvalue weighted by Crippen LogP contribution is -2.08. The second-order valence-corrected chi connectivity index (χ2v) is 4.69. The minimum Gasteiger partial charge on any atom is -0.464 e. The Hall–Kier alpha value is -1.67. The first-order chi connectivity index (χ1) is 9.06. The molecule has 0 aliphatic rings. The molecule has 100 valence electrons. The van der Waals surface area contributed by atoms with E-state index in [0.29, 0.717) is 22.6 Å². The van der Waals surface area contributed by atoms with E-state index in [1.54, 1.807) is 6.92 Å². The quantitative estimate of drug-likeness (QED) is 0.854. The minimum atomic E-state index is -0.236. The number of aromatic nitrogens is 5. The van der Waals surface area contributed by atoms with Crippen molar-refractivity contribution in [1.29, 1.82) is 0 Å². The van der Waals surface area contributed by atoms with Crippen LogP contribution in [0.5, 0.6) is 6.01 Å². The molecule has 19 heavy (non-hydrogen) atoms. The van der Waals surface area contributed by atoms with Gasteiger partial charge in [0.2, 0.25) is 10.4 Å². The van der Waals surface area contributed by atoms with Gasteiger partial charge in [0.05, 0.1) is 6.61 Å². The Balaban J connectivity index is 2.29. The third-order valence-corrected chi connectivity index (χ3v) is 2.80. The zero-order valence-corrected chi connectivity index (χ0v) is 11.7. The molecule has 0 bridgehead atoms. The van der Waals surface area contributed by atoms with Gasteiger partial charge in [-0.3, -0.25) is 4.79 Å². The number of nitrogens with one attached hydrogen (secondary N) is 1.